The molecule has 0 radical (unpaired) electrons. The van der Waals surface area contributed by atoms with Crippen LogP contribution in [0.15, 0.2) is 12.1 Å². The van der Waals surface area contributed by atoms with E-state index in [1.165, 1.54) is 6.07 Å². The highest BCUT2D eigenvalue weighted by atomic mass is 16.7. The first-order valence-corrected chi connectivity index (χ1v) is 6.14. The Balaban J connectivity index is 1.85. The fourth-order valence-corrected chi connectivity index (χ4v) is 1.98. The maximum atomic E-state index is 9.65. The van der Waals surface area contributed by atoms with Crippen molar-refractivity contribution in [3.63, 3.8) is 0 Å². The summed E-state index contributed by atoms with van der Waals surface area (Å²) in [6.07, 6.45) is -0.0390. The number of nitrogens with one attached hydrogen (secondary N) is 1. The summed E-state index contributed by atoms with van der Waals surface area (Å²) >= 11 is 0. The molecule has 0 amide bonds. The molecule has 6 nitrogen and oxygen atoms in total. The third-order valence-electron chi connectivity index (χ3n) is 2.97. The Kier molecular flexibility index (Phi) is 3.84. The lowest BCUT2D eigenvalue weighted by Crippen LogP contribution is -2.30. The van der Waals surface area contributed by atoms with Gasteiger partial charge in [-0.25, -0.2) is 0 Å². The van der Waals surface area contributed by atoms with Gasteiger partial charge < -0.3 is 30.1 Å². The predicted molar refractivity (Wildman–Crippen MR) is 68.0 cm³/mol. The van der Waals surface area contributed by atoms with E-state index in [0.717, 1.165) is 0 Å². The van der Waals surface area contributed by atoms with Crippen molar-refractivity contribution in [2.24, 2.45) is 0 Å². The zero-order valence-corrected chi connectivity index (χ0v) is 11.0. The van der Waals surface area contributed by atoms with Gasteiger partial charge in [0.1, 0.15) is 0 Å². The van der Waals surface area contributed by atoms with E-state index < -0.39 is 11.5 Å². The zero-order chi connectivity index (χ0) is 14.0. The summed E-state index contributed by atoms with van der Waals surface area (Å²) in [5, 5.41) is 31.4. The number of hydrogen-bond donors (Lipinski definition) is 4. The molecule has 1 atom stereocenters. The van der Waals surface area contributed by atoms with Crippen molar-refractivity contribution >= 4 is 0 Å². The monoisotopic (exact) mass is 269 g/mol. The molecule has 1 aliphatic rings. The topological polar surface area (TPSA) is 91.2 Å². The minimum Gasteiger partial charge on any atom is -0.504 e. The van der Waals surface area contributed by atoms with Gasteiger partial charge in [0.05, 0.1) is 12.7 Å². The molecule has 0 aromatic heterocycles. The summed E-state index contributed by atoms with van der Waals surface area (Å²) in [5.74, 6) is -1.70. The number of aromatic hydroxyl groups is 3. The average molecular weight is 269 g/mol. The Morgan fingerprint density at radius 2 is 2.00 bits per heavy atom. The van der Waals surface area contributed by atoms with Gasteiger partial charge in [-0.2, -0.15) is 0 Å². The van der Waals surface area contributed by atoms with Crippen LogP contribution in [-0.4, -0.2) is 40.4 Å². The van der Waals surface area contributed by atoms with Crippen LogP contribution in [0.1, 0.15) is 19.4 Å². The van der Waals surface area contributed by atoms with Crippen LogP contribution in [0, 0.1) is 0 Å². The van der Waals surface area contributed by atoms with Gasteiger partial charge in [0, 0.05) is 18.7 Å². The molecular weight excluding hydrogens is 250 g/mol. The lowest BCUT2D eigenvalue weighted by Gasteiger charge is -2.17. The second-order valence-electron chi connectivity index (χ2n) is 5.02. The first-order chi connectivity index (χ1) is 8.89. The largest absolute Gasteiger partial charge is 0.504 e. The van der Waals surface area contributed by atoms with Gasteiger partial charge >= 0.3 is 0 Å². The molecule has 1 aliphatic heterocycles. The first-order valence-electron chi connectivity index (χ1n) is 6.14. The summed E-state index contributed by atoms with van der Waals surface area (Å²) < 4.78 is 11.1. The molecule has 1 aromatic rings. The van der Waals surface area contributed by atoms with Crippen LogP contribution in [0.25, 0.3) is 0 Å². The molecule has 1 heterocycles. The van der Waals surface area contributed by atoms with Crippen LogP contribution in [0.4, 0.5) is 0 Å². The molecule has 0 aliphatic carbocycles. The van der Waals surface area contributed by atoms with Crippen molar-refractivity contribution in [1.29, 1.82) is 0 Å². The van der Waals surface area contributed by atoms with Crippen molar-refractivity contribution < 1.29 is 24.8 Å². The molecule has 106 valence electrons. The Morgan fingerprint density at radius 1 is 1.26 bits per heavy atom. The van der Waals surface area contributed by atoms with Gasteiger partial charge in [0.25, 0.3) is 0 Å². The van der Waals surface area contributed by atoms with Crippen LogP contribution < -0.4 is 5.32 Å². The van der Waals surface area contributed by atoms with Gasteiger partial charge in [-0.15, -0.1) is 0 Å². The number of rotatable bonds is 4. The van der Waals surface area contributed by atoms with Crippen LogP contribution in [-0.2, 0) is 16.0 Å². The lowest BCUT2D eigenvalue weighted by atomic mass is 10.1. The lowest BCUT2D eigenvalue weighted by molar-refractivity contribution is -0.137. The highest BCUT2D eigenvalue weighted by Crippen LogP contribution is 2.36. The quantitative estimate of drug-likeness (QED) is 0.611. The van der Waals surface area contributed by atoms with E-state index in [4.69, 9.17) is 9.47 Å². The van der Waals surface area contributed by atoms with Crippen molar-refractivity contribution in [3.8, 4) is 17.2 Å². The Labute approximate surface area is 111 Å². The molecule has 19 heavy (non-hydrogen) atoms. The molecule has 1 saturated heterocycles. The van der Waals surface area contributed by atoms with Crippen molar-refractivity contribution in [2.75, 3.05) is 13.2 Å². The van der Waals surface area contributed by atoms with E-state index >= 15 is 0 Å². The second-order valence-corrected chi connectivity index (χ2v) is 5.02. The van der Waals surface area contributed by atoms with Crippen molar-refractivity contribution in [1.82, 2.24) is 5.32 Å². The van der Waals surface area contributed by atoms with E-state index in [9.17, 15) is 15.3 Å². The SMILES string of the molecule is CC1(C)OCC(CNCc2ccc(O)c(O)c2O)O1. The maximum Gasteiger partial charge on any atom is 0.200 e. The summed E-state index contributed by atoms with van der Waals surface area (Å²) in [6, 6.07) is 2.89. The van der Waals surface area contributed by atoms with Gasteiger partial charge in [-0.3, -0.25) is 0 Å². The maximum absolute atomic E-state index is 9.65. The zero-order valence-electron chi connectivity index (χ0n) is 11.0. The molecule has 2 rings (SSSR count). The minimum absolute atomic E-state index is 0.0390. The fraction of sp³-hybridized carbons (Fsp3) is 0.538. The number of benzene rings is 1. The summed E-state index contributed by atoms with van der Waals surface area (Å²) in [7, 11) is 0. The summed E-state index contributed by atoms with van der Waals surface area (Å²) in [5.41, 5.74) is 0.508. The molecular formula is C13H19NO5. The summed E-state index contributed by atoms with van der Waals surface area (Å²) in [4.78, 5) is 0. The van der Waals surface area contributed by atoms with Crippen LogP contribution >= 0.6 is 0 Å². The first kappa shape index (κ1) is 13.9. The van der Waals surface area contributed by atoms with E-state index in [2.05, 4.69) is 5.32 Å². The molecule has 0 saturated carbocycles. The van der Waals surface area contributed by atoms with Gasteiger partial charge in [-0.05, 0) is 19.9 Å². The van der Waals surface area contributed by atoms with Crippen LogP contribution in [0.3, 0.4) is 0 Å². The van der Waals surface area contributed by atoms with Gasteiger partial charge in [0.15, 0.2) is 17.3 Å². The van der Waals surface area contributed by atoms with E-state index in [0.29, 0.717) is 25.3 Å². The number of phenolic OH excluding ortho intramolecular Hbond substituents is 3. The Bertz CT molecular complexity index is 461. The van der Waals surface area contributed by atoms with Crippen LogP contribution in [0.5, 0.6) is 17.2 Å². The number of ether oxygens (including phenoxy) is 2. The molecule has 1 unspecified atom stereocenters. The highest BCUT2D eigenvalue weighted by molar-refractivity contribution is 5.52. The van der Waals surface area contributed by atoms with Gasteiger partial charge in [0.2, 0.25) is 5.75 Å². The van der Waals surface area contributed by atoms with E-state index in [-0.39, 0.29) is 17.6 Å². The predicted octanol–water partition coefficient (Wildman–Crippen LogP) is 1.04. The highest BCUT2D eigenvalue weighted by Gasteiger charge is 2.32. The smallest absolute Gasteiger partial charge is 0.200 e. The standard InChI is InChI=1S/C13H19NO5/c1-13(2)18-7-9(19-13)6-14-5-8-3-4-10(15)12(17)11(8)16/h3-4,9,14-17H,5-7H2,1-2H3. The van der Waals surface area contributed by atoms with Crippen molar-refractivity contribution in [2.45, 2.75) is 32.3 Å². The third-order valence-corrected chi connectivity index (χ3v) is 2.97. The molecule has 6 heteroatoms. The van der Waals surface area contributed by atoms with Gasteiger partial charge in [-0.1, -0.05) is 6.07 Å². The molecule has 0 spiro atoms. The number of phenols is 3. The minimum atomic E-state index is -0.550. The molecule has 0 bridgehead atoms. The molecule has 1 aromatic carbocycles. The fourth-order valence-electron chi connectivity index (χ4n) is 1.98. The normalized spacial score (nSPS) is 21.7. The van der Waals surface area contributed by atoms with E-state index in [1.54, 1.807) is 6.07 Å². The van der Waals surface area contributed by atoms with E-state index in [1.807, 2.05) is 13.8 Å². The molecule has 1 fully saturated rings. The second kappa shape index (κ2) is 5.24. The van der Waals surface area contributed by atoms with Crippen molar-refractivity contribution in [3.05, 3.63) is 17.7 Å². The average Bonchev–Trinajstić information content (AvgIpc) is 2.69. The Hall–Kier alpha value is -1.50. The molecule has 4 N–H and O–H groups in total. The third kappa shape index (κ3) is 3.28. The number of hydrogen-bond acceptors (Lipinski definition) is 6. The Morgan fingerprint density at radius 3 is 2.63 bits per heavy atom. The summed E-state index contributed by atoms with van der Waals surface area (Å²) in [6.45, 7) is 5.17. The van der Waals surface area contributed by atoms with Crippen LogP contribution in [0.2, 0.25) is 0 Å².